The van der Waals surface area contributed by atoms with Gasteiger partial charge in [-0.2, -0.15) is 9.78 Å². The molecule has 134 valence electrons. The molecule has 0 aliphatic rings. The van der Waals surface area contributed by atoms with Gasteiger partial charge in [-0.25, -0.2) is 15.0 Å². The molecule has 8 heteroatoms. The topological polar surface area (TPSA) is 108 Å². The third-order valence-electron chi connectivity index (χ3n) is 4.36. The maximum absolute atomic E-state index is 5.91. The van der Waals surface area contributed by atoms with E-state index < -0.39 is 0 Å². The molecule has 3 aromatic heterocycles. The molecule has 0 atom stereocenters. The van der Waals surface area contributed by atoms with E-state index in [1.165, 1.54) is 11.0 Å². The van der Waals surface area contributed by atoms with Crippen LogP contribution in [0, 0.1) is 0 Å². The minimum Gasteiger partial charge on any atom is -0.383 e. The van der Waals surface area contributed by atoms with Crippen molar-refractivity contribution in [2.75, 3.05) is 5.73 Å². The van der Waals surface area contributed by atoms with Crippen molar-refractivity contribution in [3.05, 3.63) is 73.2 Å². The van der Waals surface area contributed by atoms with Crippen molar-refractivity contribution in [1.29, 1.82) is 0 Å². The second-order valence-corrected chi connectivity index (χ2v) is 6.09. The Morgan fingerprint density at radius 2 is 1.43 bits per heavy atom. The zero-order valence-electron chi connectivity index (χ0n) is 14.6. The van der Waals surface area contributed by atoms with E-state index in [4.69, 9.17) is 10.7 Å². The Bertz CT molecular complexity index is 1270. The summed E-state index contributed by atoms with van der Waals surface area (Å²) in [7, 11) is 0. The number of hydrogen-bond acceptors (Lipinski definition) is 7. The molecule has 2 aromatic carbocycles. The summed E-state index contributed by atoms with van der Waals surface area (Å²) >= 11 is 0. The summed E-state index contributed by atoms with van der Waals surface area (Å²) in [6.45, 7) is 0. The van der Waals surface area contributed by atoms with Crippen LogP contribution in [0.15, 0.2) is 73.2 Å². The number of anilines is 1. The Hall–Kier alpha value is -4.20. The smallest absolute Gasteiger partial charge is 0.272 e. The molecule has 28 heavy (non-hydrogen) atoms. The Morgan fingerprint density at radius 3 is 2.14 bits per heavy atom. The Morgan fingerprint density at radius 1 is 0.750 bits per heavy atom. The summed E-state index contributed by atoms with van der Waals surface area (Å²) in [5.74, 6) is 0.667. The summed E-state index contributed by atoms with van der Waals surface area (Å²) in [5, 5.41) is 13.7. The highest BCUT2D eigenvalue weighted by molar-refractivity contribution is 5.85. The van der Waals surface area contributed by atoms with Crippen LogP contribution < -0.4 is 5.73 Å². The van der Waals surface area contributed by atoms with Gasteiger partial charge in [-0.3, -0.25) is 0 Å². The SMILES string of the molecule is Nc1ncnc2c1cnn2-c1nnc(-c2ccccc2)c(-c2ccccc2)n1. The highest BCUT2D eigenvalue weighted by Crippen LogP contribution is 2.29. The second-order valence-electron chi connectivity index (χ2n) is 6.09. The third kappa shape index (κ3) is 2.64. The van der Waals surface area contributed by atoms with E-state index in [-0.39, 0.29) is 0 Å². The van der Waals surface area contributed by atoms with Gasteiger partial charge in [-0.05, 0) is 0 Å². The van der Waals surface area contributed by atoms with Gasteiger partial charge in [0.15, 0.2) is 5.65 Å². The van der Waals surface area contributed by atoms with Gasteiger partial charge in [-0.1, -0.05) is 60.7 Å². The largest absolute Gasteiger partial charge is 0.383 e. The molecule has 3 heterocycles. The van der Waals surface area contributed by atoms with Crippen LogP contribution in [0.5, 0.6) is 0 Å². The maximum atomic E-state index is 5.91. The predicted molar refractivity (Wildman–Crippen MR) is 105 cm³/mol. The molecule has 0 aliphatic carbocycles. The molecule has 2 N–H and O–H groups in total. The average Bonchev–Trinajstić information content (AvgIpc) is 3.20. The molecule has 0 radical (unpaired) electrons. The quantitative estimate of drug-likeness (QED) is 0.523. The molecule has 0 amide bonds. The van der Waals surface area contributed by atoms with E-state index >= 15 is 0 Å². The van der Waals surface area contributed by atoms with Gasteiger partial charge in [0.1, 0.15) is 23.5 Å². The Labute approximate surface area is 159 Å². The summed E-state index contributed by atoms with van der Waals surface area (Å²) in [4.78, 5) is 13.0. The van der Waals surface area contributed by atoms with Crippen LogP contribution in [0.25, 0.3) is 39.5 Å². The average molecular weight is 366 g/mol. The van der Waals surface area contributed by atoms with E-state index in [2.05, 4.69) is 25.3 Å². The molecule has 0 saturated heterocycles. The Kier molecular flexibility index (Phi) is 3.72. The van der Waals surface area contributed by atoms with Gasteiger partial charge in [0.25, 0.3) is 5.95 Å². The fraction of sp³-hybridized carbons (Fsp3) is 0. The van der Waals surface area contributed by atoms with Gasteiger partial charge in [0.2, 0.25) is 0 Å². The highest BCUT2D eigenvalue weighted by atomic mass is 15.4. The van der Waals surface area contributed by atoms with Crippen molar-refractivity contribution in [3.8, 4) is 28.5 Å². The van der Waals surface area contributed by atoms with Crippen LogP contribution >= 0.6 is 0 Å². The van der Waals surface area contributed by atoms with E-state index in [9.17, 15) is 0 Å². The van der Waals surface area contributed by atoms with E-state index in [0.29, 0.717) is 34.2 Å². The Balaban J connectivity index is 1.74. The van der Waals surface area contributed by atoms with Gasteiger partial charge in [0.05, 0.1) is 11.6 Å². The lowest BCUT2D eigenvalue weighted by Crippen LogP contribution is -2.08. The molecule has 0 spiro atoms. The monoisotopic (exact) mass is 366 g/mol. The normalized spacial score (nSPS) is 11.0. The number of fused-ring (bicyclic) bond motifs is 1. The first kappa shape index (κ1) is 16.0. The van der Waals surface area contributed by atoms with Gasteiger partial charge in [0, 0.05) is 11.1 Å². The molecule has 0 unspecified atom stereocenters. The van der Waals surface area contributed by atoms with Gasteiger partial charge >= 0.3 is 0 Å². The first-order valence-electron chi connectivity index (χ1n) is 8.61. The van der Waals surface area contributed by atoms with Crippen LogP contribution in [0.1, 0.15) is 0 Å². The molecule has 0 fully saturated rings. The molecule has 5 rings (SSSR count). The van der Waals surface area contributed by atoms with Crippen molar-refractivity contribution in [3.63, 3.8) is 0 Å². The molecular weight excluding hydrogens is 352 g/mol. The summed E-state index contributed by atoms with van der Waals surface area (Å²) in [5.41, 5.74) is 9.71. The summed E-state index contributed by atoms with van der Waals surface area (Å²) < 4.78 is 1.52. The zero-order valence-corrected chi connectivity index (χ0v) is 14.6. The third-order valence-corrected chi connectivity index (χ3v) is 4.36. The molecule has 8 nitrogen and oxygen atoms in total. The van der Waals surface area contributed by atoms with E-state index in [1.807, 2.05) is 60.7 Å². The minimum atomic E-state index is 0.312. The van der Waals surface area contributed by atoms with Crippen LogP contribution in [0.3, 0.4) is 0 Å². The van der Waals surface area contributed by atoms with Crippen LogP contribution in [-0.4, -0.2) is 34.9 Å². The lowest BCUT2D eigenvalue weighted by atomic mass is 10.0. The van der Waals surface area contributed by atoms with Crippen molar-refractivity contribution >= 4 is 16.9 Å². The van der Waals surface area contributed by atoms with Crippen molar-refractivity contribution in [2.45, 2.75) is 0 Å². The minimum absolute atomic E-state index is 0.312. The standard InChI is InChI=1S/C20H14N8/c21-18-15-11-24-28(19(15)23-12-22-18)20-25-16(13-7-3-1-4-8-13)17(26-27-20)14-9-5-2-6-10-14/h1-12H,(H2,21,22,23). The van der Waals surface area contributed by atoms with Crippen LogP contribution in [0.4, 0.5) is 5.82 Å². The lowest BCUT2D eigenvalue weighted by Gasteiger charge is -2.09. The van der Waals surface area contributed by atoms with Crippen molar-refractivity contribution < 1.29 is 0 Å². The molecule has 0 aliphatic heterocycles. The number of aromatic nitrogens is 7. The number of nitrogen functional groups attached to an aromatic ring is 1. The van der Waals surface area contributed by atoms with Gasteiger partial charge < -0.3 is 5.73 Å². The molecule has 0 saturated carbocycles. The molecule has 5 aromatic rings. The predicted octanol–water partition coefficient (Wildman–Crippen LogP) is 2.92. The maximum Gasteiger partial charge on any atom is 0.272 e. The fourth-order valence-corrected chi connectivity index (χ4v) is 3.00. The number of benzene rings is 2. The highest BCUT2D eigenvalue weighted by Gasteiger charge is 2.17. The van der Waals surface area contributed by atoms with E-state index in [0.717, 1.165) is 11.1 Å². The second kappa shape index (κ2) is 6.51. The lowest BCUT2D eigenvalue weighted by molar-refractivity contribution is 0.789. The molecular formula is C20H14N8. The molecule has 0 bridgehead atoms. The fourth-order valence-electron chi connectivity index (χ4n) is 3.00. The van der Waals surface area contributed by atoms with Crippen LogP contribution in [0.2, 0.25) is 0 Å². The van der Waals surface area contributed by atoms with Crippen molar-refractivity contribution in [2.24, 2.45) is 0 Å². The van der Waals surface area contributed by atoms with Gasteiger partial charge in [-0.15, -0.1) is 10.2 Å². The number of hydrogen-bond donors (Lipinski definition) is 1. The van der Waals surface area contributed by atoms with Crippen LogP contribution in [-0.2, 0) is 0 Å². The summed E-state index contributed by atoms with van der Waals surface area (Å²) in [6, 6.07) is 19.7. The zero-order chi connectivity index (χ0) is 18.9. The number of nitrogens with two attached hydrogens (primary N) is 1. The first-order valence-corrected chi connectivity index (χ1v) is 8.61. The summed E-state index contributed by atoms with van der Waals surface area (Å²) in [6.07, 6.45) is 2.99. The number of rotatable bonds is 3. The van der Waals surface area contributed by atoms with Crippen molar-refractivity contribution in [1.82, 2.24) is 34.9 Å². The first-order chi connectivity index (χ1) is 13.8. The number of nitrogens with zero attached hydrogens (tertiary/aromatic N) is 7. The van der Waals surface area contributed by atoms with E-state index in [1.54, 1.807) is 6.20 Å².